The standard InChI is InChI=1S/C26H36O4/c1-15(2)18-14-19-17(11-8-7-10-16(3)27)22(29)24-25(4,5)12-9-13-26(24,6)20(19)23(30)21(18)28/h14-15,24,30H,7-13H2,1-6H3. The van der Waals surface area contributed by atoms with E-state index in [1.807, 2.05) is 19.9 Å². The molecule has 2 unspecified atom stereocenters. The van der Waals surface area contributed by atoms with Crippen molar-refractivity contribution in [2.75, 3.05) is 0 Å². The molecule has 30 heavy (non-hydrogen) atoms. The van der Waals surface area contributed by atoms with Gasteiger partial charge in [0.1, 0.15) is 5.78 Å². The highest BCUT2D eigenvalue weighted by atomic mass is 16.3. The zero-order valence-corrected chi connectivity index (χ0v) is 19.4. The molecule has 4 heteroatoms. The van der Waals surface area contributed by atoms with E-state index in [0.717, 1.165) is 43.3 Å². The molecule has 0 heterocycles. The SMILES string of the molecule is CC(=O)CCCCC1=C2C=C(C(C)C)C(=O)C(O)=C2C2(C)CCCC(C)(C)C2C1=O. The quantitative estimate of drug-likeness (QED) is 0.558. The Labute approximate surface area is 180 Å². The fraction of sp³-hybridized carbons (Fsp3) is 0.654. The molecule has 0 bridgehead atoms. The van der Waals surface area contributed by atoms with E-state index in [9.17, 15) is 19.5 Å². The van der Waals surface area contributed by atoms with Gasteiger partial charge in [-0.25, -0.2) is 0 Å². The first kappa shape index (κ1) is 22.7. The maximum atomic E-state index is 13.9. The van der Waals surface area contributed by atoms with E-state index >= 15 is 0 Å². The second-order valence-corrected chi connectivity index (χ2v) is 10.7. The number of fused-ring (bicyclic) bond motifs is 3. The number of Topliss-reactive ketones (excluding diaryl/α,β-unsaturated/α-hetero) is 3. The van der Waals surface area contributed by atoms with Crippen molar-refractivity contribution >= 4 is 17.3 Å². The van der Waals surface area contributed by atoms with Crippen molar-refractivity contribution < 1.29 is 19.5 Å². The summed E-state index contributed by atoms with van der Waals surface area (Å²) in [6, 6.07) is 0. The number of aliphatic hydroxyl groups is 1. The molecule has 4 nitrogen and oxygen atoms in total. The number of hydrogen-bond acceptors (Lipinski definition) is 4. The van der Waals surface area contributed by atoms with Gasteiger partial charge < -0.3 is 9.90 Å². The number of ketones is 3. The van der Waals surface area contributed by atoms with Gasteiger partial charge in [0, 0.05) is 34.5 Å². The summed E-state index contributed by atoms with van der Waals surface area (Å²) in [6.45, 7) is 11.8. The first-order valence-electron chi connectivity index (χ1n) is 11.4. The van der Waals surface area contributed by atoms with Crippen LogP contribution < -0.4 is 0 Å². The highest BCUT2D eigenvalue weighted by molar-refractivity contribution is 6.12. The Morgan fingerprint density at radius 2 is 1.83 bits per heavy atom. The van der Waals surface area contributed by atoms with Gasteiger partial charge >= 0.3 is 0 Å². The van der Waals surface area contributed by atoms with Gasteiger partial charge in [-0.15, -0.1) is 0 Å². The first-order valence-corrected chi connectivity index (χ1v) is 11.4. The summed E-state index contributed by atoms with van der Waals surface area (Å²) in [5, 5.41) is 11.1. The van der Waals surface area contributed by atoms with Crippen LogP contribution in [0.5, 0.6) is 0 Å². The molecule has 0 aromatic carbocycles. The van der Waals surface area contributed by atoms with Crippen LogP contribution in [0.25, 0.3) is 0 Å². The Balaban J connectivity index is 2.18. The van der Waals surface area contributed by atoms with Crippen molar-refractivity contribution in [2.24, 2.45) is 22.7 Å². The summed E-state index contributed by atoms with van der Waals surface area (Å²) < 4.78 is 0. The van der Waals surface area contributed by atoms with E-state index in [1.165, 1.54) is 0 Å². The summed E-state index contributed by atoms with van der Waals surface area (Å²) in [5.74, 6) is -0.398. The predicted molar refractivity (Wildman–Crippen MR) is 118 cm³/mol. The minimum atomic E-state index is -0.532. The van der Waals surface area contributed by atoms with E-state index in [2.05, 4.69) is 20.8 Å². The molecule has 164 valence electrons. The molecule has 1 N–H and O–H groups in total. The zero-order chi connectivity index (χ0) is 22.4. The molecule has 0 aromatic heterocycles. The molecule has 0 amide bonds. The Hall–Kier alpha value is -1.97. The number of aliphatic hydroxyl groups excluding tert-OH is 1. The predicted octanol–water partition coefficient (Wildman–Crippen LogP) is 5.82. The normalized spacial score (nSPS) is 28.5. The molecule has 3 rings (SSSR count). The second kappa shape index (κ2) is 7.94. The number of allylic oxidation sites excluding steroid dienone is 5. The van der Waals surface area contributed by atoms with Gasteiger partial charge in [0.15, 0.2) is 11.5 Å². The lowest BCUT2D eigenvalue weighted by molar-refractivity contribution is -0.132. The maximum absolute atomic E-state index is 13.9. The smallest absolute Gasteiger partial charge is 0.223 e. The summed E-state index contributed by atoms with van der Waals surface area (Å²) in [7, 11) is 0. The van der Waals surface area contributed by atoms with E-state index in [-0.39, 0.29) is 40.4 Å². The van der Waals surface area contributed by atoms with Crippen LogP contribution in [-0.4, -0.2) is 22.5 Å². The average Bonchev–Trinajstić information content (AvgIpc) is 2.61. The van der Waals surface area contributed by atoms with Gasteiger partial charge in [-0.1, -0.05) is 41.0 Å². The highest BCUT2D eigenvalue weighted by Gasteiger charge is 2.57. The summed E-state index contributed by atoms with van der Waals surface area (Å²) in [6.07, 6.45) is 7.20. The zero-order valence-electron chi connectivity index (χ0n) is 19.4. The Kier molecular flexibility index (Phi) is 6.01. The van der Waals surface area contributed by atoms with Crippen LogP contribution in [0.4, 0.5) is 0 Å². The van der Waals surface area contributed by atoms with Crippen LogP contribution in [0.1, 0.15) is 86.5 Å². The molecule has 3 aliphatic rings. The highest BCUT2D eigenvalue weighted by Crippen LogP contribution is 2.61. The van der Waals surface area contributed by atoms with Crippen molar-refractivity contribution in [1.29, 1.82) is 0 Å². The molecule has 0 radical (unpaired) electrons. The van der Waals surface area contributed by atoms with Crippen LogP contribution >= 0.6 is 0 Å². The fourth-order valence-electron chi connectivity index (χ4n) is 6.13. The molecule has 0 aliphatic heterocycles. The molecule has 0 aromatic rings. The average molecular weight is 413 g/mol. The largest absolute Gasteiger partial charge is 0.504 e. The van der Waals surface area contributed by atoms with Crippen LogP contribution in [0, 0.1) is 22.7 Å². The van der Waals surface area contributed by atoms with Crippen LogP contribution in [0.15, 0.2) is 34.1 Å². The van der Waals surface area contributed by atoms with Crippen LogP contribution in [0.2, 0.25) is 0 Å². The molecule has 0 spiro atoms. The summed E-state index contributed by atoms with van der Waals surface area (Å²) in [5.41, 5.74) is 2.05. The summed E-state index contributed by atoms with van der Waals surface area (Å²) in [4.78, 5) is 38.2. The Morgan fingerprint density at radius 3 is 2.43 bits per heavy atom. The van der Waals surface area contributed by atoms with Gasteiger partial charge in [0.05, 0.1) is 0 Å². The van der Waals surface area contributed by atoms with E-state index in [4.69, 9.17) is 0 Å². The van der Waals surface area contributed by atoms with E-state index in [1.54, 1.807) is 6.92 Å². The molecular formula is C26H36O4. The lowest BCUT2D eigenvalue weighted by Gasteiger charge is -2.54. The van der Waals surface area contributed by atoms with Crippen molar-refractivity contribution in [3.63, 3.8) is 0 Å². The van der Waals surface area contributed by atoms with Gasteiger partial charge in [-0.05, 0) is 62.0 Å². The van der Waals surface area contributed by atoms with Crippen molar-refractivity contribution in [3.8, 4) is 0 Å². The number of hydrogen-bond donors (Lipinski definition) is 1. The Morgan fingerprint density at radius 1 is 1.17 bits per heavy atom. The molecule has 1 fully saturated rings. The maximum Gasteiger partial charge on any atom is 0.223 e. The van der Waals surface area contributed by atoms with Crippen molar-refractivity contribution in [3.05, 3.63) is 34.1 Å². The monoisotopic (exact) mass is 412 g/mol. The van der Waals surface area contributed by atoms with E-state index in [0.29, 0.717) is 24.0 Å². The minimum Gasteiger partial charge on any atom is -0.504 e. The lowest BCUT2D eigenvalue weighted by atomic mass is 9.48. The third kappa shape index (κ3) is 3.63. The molecule has 0 saturated heterocycles. The third-order valence-electron chi connectivity index (χ3n) is 7.50. The number of rotatable bonds is 6. The topological polar surface area (TPSA) is 71.4 Å². The minimum absolute atomic E-state index is 0.0314. The van der Waals surface area contributed by atoms with Crippen LogP contribution in [-0.2, 0) is 14.4 Å². The Bertz CT molecular complexity index is 881. The summed E-state index contributed by atoms with van der Waals surface area (Å²) >= 11 is 0. The number of carbonyl (C=O) groups excluding carboxylic acids is 3. The fourth-order valence-corrected chi connectivity index (χ4v) is 6.13. The second-order valence-electron chi connectivity index (χ2n) is 10.7. The van der Waals surface area contributed by atoms with Gasteiger partial charge in [0.2, 0.25) is 5.78 Å². The van der Waals surface area contributed by atoms with Gasteiger partial charge in [0.25, 0.3) is 0 Å². The van der Waals surface area contributed by atoms with Crippen molar-refractivity contribution in [1.82, 2.24) is 0 Å². The first-order chi connectivity index (χ1) is 13.9. The lowest BCUT2D eigenvalue weighted by Crippen LogP contribution is -2.52. The molecule has 1 saturated carbocycles. The third-order valence-corrected chi connectivity index (χ3v) is 7.50. The number of unbranched alkanes of at least 4 members (excludes halogenated alkanes) is 1. The van der Waals surface area contributed by atoms with Gasteiger partial charge in [-0.3, -0.25) is 9.59 Å². The van der Waals surface area contributed by atoms with E-state index < -0.39 is 5.41 Å². The molecular weight excluding hydrogens is 376 g/mol. The molecule has 2 atom stereocenters. The number of carbonyl (C=O) groups is 3. The molecule has 3 aliphatic carbocycles. The van der Waals surface area contributed by atoms with Gasteiger partial charge in [-0.2, -0.15) is 0 Å². The van der Waals surface area contributed by atoms with Crippen molar-refractivity contribution in [2.45, 2.75) is 86.5 Å². The van der Waals surface area contributed by atoms with Crippen LogP contribution in [0.3, 0.4) is 0 Å².